The van der Waals surface area contributed by atoms with Gasteiger partial charge in [0.1, 0.15) is 0 Å². The second kappa shape index (κ2) is 9.98. The van der Waals surface area contributed by atoms with Gasteiger partial charge in [-0.2, -0.15) is 0 Å². The van der Waals surface area contributed by atoms with Gasteiger partial charge in [-0.15, -0.1) is 0 Å². The smallest absolute Gasteiger partial charge is 0.229 e. The van der Waals surface area contributed by atoms with Crippen LogP contribution >= 0.6 is 0 Å². The van der Waals surface area contributed by atoms with Crippen LogP contribution in [0.1, 0.15) is 22.5 Å². The molecule has 0 atom stereocenters. The minimum atomic E-state index is 0.203. The van der Waals surface area contributed by atoms with Crippen LogP contribution in [0, 0.1) is 19.3 Å². The van der Waals surface area contributed by atoms with Gasteiger partial charge in [-0.1, -0.05) is 42.5 Å². The number of hydrogen-bond donors (Lipinski definition) is 3. The molecule has 156 valence electrons. The predicted octanol–water partition coefficient (Wildman–Crippen LogP) is 4.00. The summed E-state index contributed by atoms with van der Waals surface area (Å²) < 4.78 is 0. The molecular formula is C24H30N6. The summed E-state index contributed by atoms with van der Waals surface area (Å²) in [6.45, 7) is 5.43. The van der Waals surface area contributed by atoms with Gasteiger partial charge in [0.05, 0.1) is 0 Å². The Morgan fingerprint density at radius 1 is 0.900 bits per heavy atom. The fourth-order valence-electron chi connectivity index (χ4n) is 3.35. The lowest BCUT2D eigenvalue weighted by atomic mass is 10.0. The van der Waals surface area contributed by atoms with Gasteiger partial charge in [0.2, 0.25) is 5.95 Å². The lowest BCUT2D eigenvalue weighted by molar-refractivity contribution is 0.402. The fraction of sp³-hybridized carbons (Fsp3) is 0.292. The zero-order valence-electron chi connectivity index (χ0n) is 18.2. The van der Waals surface area contributed by atoms with Crippen molar-refractivity contribution in [2.75, 3.05) is 26.0 Å². The number of benzene rings is 2. The number of nitrogens with zero attached hydrogens (tertiary/aromatic N) is 3. The topological polar surface area (TPSA) is 76.9 Å². The molecule has 1 aromatic heterocycles. The zero-order chi connectivity index (χ0) is 21.5. The first-order chi connectivity index (χ1) is 14.4. The van der Waals surface area contributed by atoms with Crippen LogP contribution in [0.15, 0.2) is 54.6 Å². The summed E-state index contributed by atoms with van der Waals surface area (Å²) in [5.74, 6) is 0.653. The predicted molar refractivity (Wildman–Crippen MR) is 124 cm³/mol. The molecule has 30 heavy (non-hydrogen) atoms. The average Bonchev–Trinajstić information content (AvgIpc) is 2.67. The molecule has 0 fully saturated rings. The van der Waals surface area contributed by atoms with Crippen molar-refractivity contribution in [3.63, 3.8) is 0 Å². The Balaban J connectivity index is 1.52. The number of anilines is 1. The van der Waals surface area contributed by atoms with E-state index in [0.717, 1.165) is 24.4 Å². The van der Waals surface area contributed by atoms with Crippen LogP contribution in [-0.4, -0.2) is 41.5 Å². The van der Waals surface area contributed by atoms with E-state index in [2.05, 4.69) is 88.1 Å². The second-order valence-corrected chi connectivity index (χ2v) is 7.79. The fourth-order valence-corrected chi connectivity index (χ4v) is 3.35. The van der Waals surface area contributed by atoms with Crippen molar-refractivity contribution >= 4 is 11.9 Å². The van der Waals surface area contributed by atoms with E-state index in [1.807, 2.05) is 19.9 Å². The standard InChI is InChI=1S/C24H30N6/c1-17-14-18(2)28-24(27-17)29-23(25)26-13-12-19-8-10-21(11-9-19)22-7-5-6-20(15-22)16-30(3)4/h5-11,14-15H,12-13,16H2,1-4H3,(H3,25,26,27,28,29). The van der Waals surface area contributed by atoms with E-state index in [0.29, 0.717) is 12.5 Å². The quantitative estimate of drug-likeness (QED) is 0.411. The minimum Gasteiger partial charge on any atom is -0.356 e. The van der Waals surface area contributed by atoms with E-state index in [9.17, 15) is 0 Å². The van der Waals surface area contributed by atoms with Gasteiger partial charge in [0.15, 0.2) is 5.96 Å². The van der Waals surface area contributed by atoms with E-state index in [1.54, 1.807) is 0 Å². The molecule has 0 saturated carbocycles. The first kappa shape index (κ1) is 21.5. The molecule has 1 heterocycles. The summed E-state index contributed by atoms with van der Waals surface area (Å²) in [5, 5.41) is 14.0. The molecule has 0 amide bonds. The first-order valence-corrected chi connectivity index (χ1v) is 10.1. The summed E-state index contributed by atoms with van der Waals surface area (Å²) in [4.78, 5) is 10.8. The molecule has 0 radical (unpaired) electrons. The highest BCUT2D eigenvalue weighted by Crippen LogP contribution is 2.21. The third kappa shape index (κ3) is 6.39. The number of guanidine groups is 1. The molecule has 3 N–H and O–H groups in total. The van der Waals surface area contributed by atoms with Gasteiger partial charge in [-0.05, 0) is 68.8 Å². The maximum Gasteiger partial charge on any atom is 0.229 e. The normalized spacial score (nSPS) is 10.8. The van der Waals surface area contributed by atoms with Crippen LogP contribution < -0.4 is 10.6 Å². The summed E-state index contributed by atoms with van der Waals surface area (Å²) >= 11 is 0. The summed E-state index contributed by atoms with van der Waals surface area (Å²) in [6.07, 6.45) is 0.832. The van der Waals surface area contributed by atoms with E-state index < -0.39 is 0 Å². The first-order valence-electron chi connectivity index (χ1n) is 10.1. The van der Waals surface area contributed by atoms with Gasteiger partial charge in [0.25, 0.3) is 0 Å². The van der Waals surface area contributed by atoms with Gasteiger partial charge < -0.3 is 10.2 Å². The van der Waals surface area contributed by atoms with Crippen LogP contribution in [0.5, 0.6) is 0 Å². The molecule has 0 unspecified atom stereocenters. The highest BCUT2D eigenvalue weighted by atomic mass is 15.2. The number of nitrogens with one attached hydrogen (secondary N) is 3. The van der Waals surface area contributed by atoms with Gasteiger partial charge >= 0.3 is 0 Å². The molecule has 0 spiro atoms. The highest BCUT2D eigenvalue weighted by Gasteiger charge is 2.04. The van der Waals surface area contributed by atoms with E-state index in [-0.39, 0.29) is 5.96 Å². The van der Waals surface area contributed by atoms with Crippen molar-refractivity contribution in [3.8, 4) is 11.1 Å². The van der Waals surface area contributed by atoms with Gasteiger partial charge in [-0.3, -0.25) is 10.7 Å². The third-order valence-electron chi connectivity index (χ3n) is 4.65. The molecule has 0 bridgehead atoms. The molecule has 0 saturated heterocycles. The van der Waals surface area contributed by atoms with Crippen molar-refractivity contribution in [3.05, 3.63) is 77.1 Å². The van der Waals surface area contributed by atoms with Crippen molar-refractivity contribution in [2.24, 2.45) is 0 Å². The molecular weight excluding hydrogens is 372 g/mol. The maximum absolute atomic E-state index is 8.04. The Morgan fingerprint density at radius 2 is 1.60 bits per heavy atom. The number of hydrogen-bond acceptors (Lipinski definition) is 4. The van der Waals surface area contributed by atoms with E-state index in [1.165, 1.54) is 22.3 Å². The number of rotatable bonds is 7. The molecule has 0 aliphatic rings. The Morgan fingerprint density at radius 3 is 2.27 bits per heavy atom. The minimum absolute atomic E-state index is 0.203. The van der Waals surface area contributed by atoms with Gasteiger partial charge in [-0.25, -0.2) is 9.97 Å². The largest absolute Gasteiger partial charge is 0.356 e. The molecule has 3 rings (SSSR count). The molecule has 2 aromatic carbocycles. The highest BCUT2D eigenvalue weighted by molar-refractivity contribution is 5.89. The van der Waals surface area contributed by atoms with Crippen molar-refractivity contribution in [1.29, 1.82) is 5.41 Å². The van der Waals surface area contributed by atoms with Crippen LogP contribution in [0.2, 0.25) is 0 Å². The number of aromatic nitrogens is 2. The molecule has 0 aliphatic carbocycles. The monoisotopic (exact) mass is 402 g/mol. The second-order valence-electron chi connectivity index (χ2n) is 7.79. The van der Waals surface area contributed by atoms with E-state index >= 15 is 0 Å². The Bertz CT molecular complexity index is 975. The summed E-state index contributed by atoms with van der Waals surface area (Å²) in [6, 6.07) is 19.2. The zero-order valence-corrected chi connectivity index (χ0v) is 18.2. The number of aryl methyl sites for hydroxylation is 2. The Hall–Kier alpha value is -3.25. The summed E-state index contributed by atoms with van der Waals surface area (Å²) in [5.41, 5.74) is 6.75. The van der Waals surface area contributed by atoms with Crippen molar-refractivity contribution in [1.82, 2.24) is 20.2 Å². The molecule has 6 nitrogen and oxygen atoms in total. The lowest BCUT2D eigenvalue weighted by Crippen LogP contribution is -2.32. The van der Waals surface area contributed by atoms with Crippen LogP contribution in [0.4, 0.5) is 5.95 Å². The molecule has 0 aliphatic heterocycles. The SMILES string of the molecule is Cc1cc(C)nc(NC(=N)NCCc2ccc(-c3cccc(CN(C)C)c3)cc2)n1. The maximum atomic E-state index is 8.04. The van der Waals surface area contributed by atoms with Crippen LogP contribution in [-0.2, 0) is 13.0 Å². The van der Waals surface area contributed by atoms with E-state index in [4.69, 9.17) is 5.41 Å². The Labute approximate surface area is 178 Å². The summed E-state index contributed by atoms with van der Waals surface area (Å²) in [7, 11) is 4.17. The van der Waals surface area contributed by atoms with Crippen LogP contribution in [0.3, 0.4) is 0 Å². The van der Waals surface area contributed by atoms with Crippen molar-refractivity contribution in [2.45, 2.75) is 26.8 Å². The Kier molecular flexibility index (Phi) is 7.14. The van der Waals surface area contributed by atoms with Crippen LogP contribution in [0.25, 0.3) is 11.1 Å². The van der Waals surface area contributed by atoms with Gasteiger partial charge in [0, 0.05) is 24.5 Å². The van der Waals surface area contributed by atoms with Crippen molar-refractivity contribution < 1.29 is 0 Å². The average molecular weight is 403 g/mol. The third-order valence-corrected chi connectivity index (χ3v) is 4.65. The molecule has 6 heteroatoms. The lowest BCUT2D eigenvalue weighted by Gasteiger charge is -2.12. The molecule has 3 aromatic rings.